The van der Waals surface area contributed by atoms with Crippen LogP contribution in [0.4, 0.5) is 32.2 Å². The average Bonchev–Trinajstić information content (AvgIpc) is 2.59. The Morgan fingerprint density at radius 3 is 2.32 bits per heavy atom. The monoisotopic (exact) mass is 401 g/mol. The molecule has 28 heavy (non-hydrogen) atoms. The number of benzene rings is 2. The number of nitrogens with zero attached hydrogens (tertiary/aromatic N) is 2. The Bertz CT molecular complexity index is 1090. The van der Waals surface area contributed by atoms with Gasteiger partial charge in [0.2, 0.25) is 0 Å². The summed E-state index contributed by atoms with van der Waals surface area (Å²) in [5, 5.41) is 1.95. The van der Waals surface area contributed by atoms with E-state index in [1.807, 2.05) is 5.32 Å². The predicted molar refractivity (Wildman–Crippen MR) is 91.6 cm³/mol. The van der Waals surface area contributed by atoms with E-state index in [0.717, 1.165) is 22.8 Å². The zero-order valence-corrected chi connectivity index (χ0v) is 14.3. The van der Waals surface area contributed by atoms with E-state index < -0.39 is 36.0 Å². The molecule has 0 aliphatic rings. The first kappa shape index (κ1) is 19.7. The van der Waals surface area contributed by atoms with Gasteiger partial charge in [0.05, 0.1) is 16.8 Å². The topological polar surface area (TPSA) is 46.9 Å². The van der Waals surface area contributed by atoms with Crippen molar-refractivity contribution in [3.8, 4) is 5.69 Å². The van der Waals surface area contributed by atoms with Crippen LogP contribution in [0, 0.1) is 6.92 Å². The largest absolute Gasteiger partial charge is 0.416 e. The van der Waals surface area contributed by atoms with Crippen LogP contribution in [0.2, 0.25) is 0 Å². The summed E-state index contributed by atoms with van der Waals surface area (Å²) < 4.78 is 78.1. The minimum atomic E-state index is -4.69. The molecule has 10 heteroatoms. The molecule has 0 fully saturated rings. The van der Waals surface area contributed by atoms with Crippen molar-refractivity contribution in [2.75, 3.05) is 11.9 Å². The molecule has 2 aromatic carbocycles. The molecule has 0 aliphatic heterocycles. The summed E-state index contributed by atoms with van der Waals surface area (Å²) in [4.78, 5) is 16.2. The molecule has 4 nitrogen and oxygen atoms in total. The van der Waals surface area contributed by atoms with Crippen molar-refractivity contribution < 1.29 is 26.3 Å². The number of para-hydroxylation sites is 1. The minimum absolute atomic E-state index is 0.0416. The molecular formula is C18H13F6N3O. The molecule has 0 bridgehead atoms. The first-order valence-electron chi connectivity index (χ1n) is 7.98. The first-order valence-corrected chi connectivity index (χ1v) is 7.98. The molecule has 3 aromatic rings. The lowest BCUT2D eigenvalue weighted by Crippen LogP contribution is -2.27. The lowest BCUT2D eigenvalue weighted by atomic mass is 10.1. The van der Waals surface area contributed by atoms with Gasteiger partial charge in [-0.3, -0.25) is 4.57 Å². The molecule has 0 aliphatic carbocycles. The lowest BCUT2D eigenvalue weighted by molar-refractivity contribution is -0.137. The van der Waals surface area contributed by atoms with Crippen LogP contribution in [-0.2, 0) is 6.18 Å². The number of nitrogens with one attached hydrogen (secondary N) is 1. The normalized spacial score (nSPS) is 12.4. The van der Waals surface area contributed by atoms with Gasteiger partial charge in [-0.25, -0.2) is 4.79 Å². The number of hydrogen-bond donors (Lipinski definition) is 1. The second kappa shape index (κ2) is 6.84. The first-order chi connectivity index (χ1) is 13.0. The van der Waals surface area contributed by atoms with E-state index in [-0.39, 0.29) is 16.6 Å². The Morgan fingerprint density at radius 2 is 1.71 bits per heavy atom. The quantitative estimate of drug-likeness (QED) is 0.648. The van der Waals surface area contributed by atoms with Gasteiger partial charge in [0.25, 0.3) is 0 Å². The van der Waals surface area contributed by atoms with Crippen LogP contribution in [0.25, 0.3) is 16.6 Å². The molecule has 148 valence electrons. The molecule has 1 N–H and O–H groups in total. The minimum Gasteiger partial charge on any atom is -0.360 e. The highest BCUT2D eigenvalue weighted by molar-refractivity contribution is 5.91. The summed E-state index contributed by atoms with van der Waals surface area (Å²) in [6, 6.07) is 8.89. The van der Waals surface area contributed by atoms with Crippen LogP contribution < -0.4 is 11.0 Å². The molecule has 0 atom stereocenters. The Morgan fingerprint density at radius 1 is 1.04 bits per heavy atom. The van der Waals surface area contributed by atoms with Gasteiger partial charge in [-0.05, 0) is 36.8 Å². The fraction of sp³-hybridized carbons (Fsp3) is 0.222. The summed E-state index contributed by atoms with van der Waals surface area (Å²) in [5.74, 6) is -0.434. The van der Waals surface area contributed by atoms with Crippen molar-refractivity contribution in [1.82, 2.24) is 9.55 Å². The number of anilines is 1. The number of aromatic nitrogens is 2. The lowest BCUT2D eigenvalue weighted by Gasteiger charge is -2.17. The third-order valence-corrected chi connectivity index (χ3v) is 4.03. The third kappa shape index (κ3) is 3.95. The standard InChI is InChI=1S/C18H13F6N3O/c1-10-4-2-3-5-13(10)27-14-8-11(18(22,23)24)6-7-12(14)15(26-16(27)28)25-9-17(19,20)21/h2-8H,9H2,1H3,(H,25,26,28). The van der Waals surface area contributed by atoms with Gasteiger partial charge in [-0.1, -0.05) is 18.2 Å². The van der Waals surface area contributed by atoms with Crippen molar-refractivity contribution in [3.05, 3.63) is 64.1 Å². The van der Waals surface area contributed by atoms with Crippen LogP contribution in [0.15, 0.2) is 47.3 Å². The summed E-state index contributed by atoms with van der Waals surface area (Å²) in [6.45, 7) is 0.168. The van der Waals surface area contributed by atoms with Crippen LogP contribution in [0.3, 0.4) is 0 Å². The van der Waals surface area contributed by atoms with Crippen molar-refractivity contribution >= 4 is 16.7 Å². The highest BCUT2D eigenvalue weighted by Gasteiger charge is 2.32. The number of alkyl halides is 6. The second-order valence-electron chi connectivity index (χ2n) is 6.06. The summed E-state index contributed by atoms with van der Waals surface area (Å²) in [5.41, 5.74) is -1.36. The van der Waals surface area contributed by atoms with E-state index in [9.17, 15) is 31.1 Å². The van der Waals surface area contributed by atoms with Gasteiger partial charge in [0.15, 0.2) is 0 Å². The Balaban J connectivity index is 2.32. The van der Waals surface area contributed by atoms with E-state index in [1.165, 1.54) is 6.07 Å². The fourth-order valence-electron chi connectivity index (χ4n) is 2.77. The molecule has 0 unspecified atom stereocenters. The molecule has 1 aromatic heterocycles. The van der Waals surface area contributed by atoms with Gasteiger partial charge in [-0.15, -0.1) is 0 Å². The third-order valence-electron chi connectivity index (χ3n) is 4.03. The highest BCUT2D eigenvalue weighted by atomic mass is 19.4. The van der Waals surface area contributed by atoms with Crippen molar-refractivity contribution in [3.63, 3.8) is 0 Å². The SMILES string of the molecule is Cc1ccccc1-n1c(=O)nc(NCC(F)(F)F)c2ccc(C(F)(F)F)cc21. The zero-order valence-electron chi connectivity index (χ0n) is 14.3. The fourth-order valence-corrected chi connectivity index (χ4v) is 2.77. The van der Waals surface area contributed by atoms with E-state index in [4.69, 9.17) is 0 Å². The molecule has 1 heterocycles. The predicted octanol–water partition coefficient (Wildman–Crippen LogP) is 4.69. The molecule has 0 radical (unpaired) electrons. The van der Waals surface area contributed by atoms with Gasteiger partial charge in [0.1, 0.15) is 12.4 Å². The van der Waals surface area contributed by atoms with Gasteiger partial charge in [-0.2, -0.15) is 31.3 Å². The summed E-state index contributed by atoms with van der Waals surface area (Å²) >= 11 is 0. The van der Waals surface area contributed by atoms with Crippen LogP contribution in [-0.4, -0.2) is 22.3 Å². The van der Waals surface area contributed by atoms with Crippen LogP contribution in [0.5, 0.6) is 0 Å². The van der Waals surface area contributed by atoms with Gasteiger partial charge >= 0.3 is 18.0 Å². The van der Waals surface area contributed by atoms with Crippen LogP contribution >= 0.6 is 0 Å². The number of aryl methyl sites for hydroxylation is 1. The Hall–Kier alpha value is -3.04. The van der Waals surface area contributed by atoms with Crippen molar-refractivity contribution in [2.24, 2.45) is 0 Å². The number of hydrogen-bond acceptors (Lipinski definition) is 3. The number of halogens is 6. The van der Waals surface area contributed by atoms with Crippen molar-refractivity contribution in [2.45, 2.75) is 19.3 Å². The summed E-state index contributed by atoms with van der Waals surface area (Å²) in [7, 11) is 0. The molecule has 0 spiro atoms. The molecule has 0 saturated carbocycles. The van der Waals surface area contributed by atoms with Crippen molar-refractivity contribution in [1.29, 1.82) is 0 Å². The maximum absolute atomic E-state index is 13.2. The van der Waals surface area contributed by atoms with E-state index >= 15 is 0 Å². The van der Waals surface area contributed by atoms with E-state index in [2.05, 4.69) is 4.98 Å². The Labute approximate surface area is 154 Å². The van der Waals surface area contributed by atoms with Crippen LogP contribution in [0.1, 0.15) is 11.1 Å². The van der Waals surface area contributed by atoms with E-state index in [0.29, 0.717) is 5.56 Å². The Kier molecular flexibility index (Phi) is 4.82. The maximum atomic E-state index is 13.2. The highest BCUT2D eigenvalue weighted by Crippen LogP contribution is 2.33. The molecule has 0 saturated heterocycles. The molecule has 3 rings (SSSR count). The summed E-state index contributed by atoms with van der Waals surface area (Å²) in [6.07, 6.45) is -9.28. The zero-order chi connectivity index (χ0) is 20.7. The second-order valence-corrected chi connectivity index (χ2v) is 6.06. The number of fused-ring (bicyclic) bond motifs is 1. The van der Waals surface area contributed by atoms with Gasteiger partial charge < -0.3 is 5.32 Å². The smallest absolute Gasteiger partial charge is 0.360 e. The molecule has 0 amide bonds. The average molecular weight is 401 g/mol. The molecular weight excluding hydrogens is 388 g/mol. The maximum Gasteiger partial charge on any atom is 0.416 e. The number of rotatable bonds is 3. The van der Waals surface area contributed by atoms with Gasteiger partial charge in [0, 0.05) is 5.39 Å². The van der Waals surface area contributed by atoms with E-state index in [1.54, 1.807) is 25.1 Å².